The fraction of sp³-hybridized carbons (Fsp3) is 0.667. The molecule has 1 fully saturated rings. The Morgan fingerprint density at radius 3 is 3.00 bits per heavy atom. The van der Waals surface area contributed by atoms with Gasteiger partial charge in [-0.1, -0.05) is 5.21 Å². The van der Waals surface area contributed by atoms with Crippen LogP contribution < -0.4 is 5.32 Å². The van der Waals surface area contributed by atoms with E-state index in [2.05, 4.69) is 15.6 Å². The smallest absolute Gasteiger partial charge is 0.220 e. The van der Waals surface area contributed by atoms with Gasteiger partial charge in [-0.2, -0.15) is 0 Å². The molecule has 1 aliphatic heterocycles. The maximum atomic E-state index is 11.1. The van der Waals surface area contributed by atoms with E-state index in [-0.39, 0.29) is 11.4 Å². The Bertz CT molecular complexity index is 359. The van der Waals surface area contributed by atoms with Gasteiger partial charge in [0.05, 0.1) is 5.69 Å². The molecule has 1 N–H and O–H groups in total. The molecule has 5 heteroatoms. The first kappa shape index (κ1) is 9.18. The highest BCUT2D eigenvalue weighted by Crippen LogP contribution is 2.22. The number of carbonyl (C=O) groups excluding carboxylic acids is 1. The summed E-state index contributed by atoms with van der Waals surface area (Å²) in [6.45, 7) is 2.05. The van der Waals surface area contributed by atoms with Crippen molar-refractivity contribution in [3.63, 3.8) is 0 Å². The SMILES string of the molecule is Cn1cc(CC2(C)CCC(=O)N2)nn1. The minimum Gasteiger partial charge on any atom is -0.351 e. The van der Waals surface area contributed by atoms with Crippen molar-refractivity contribution in [1.29, 1.82) is 0 Å². The van der Waals surface area contributed by atoms with Gasteiger partial charge in [-0.05, 0) is 13.3 Å². The van der Waals surface area contributed by atoms with Gasteiger partial charge in [-0.25, -0.2) is 0 Å². The molecule has 2 heterocycles. The van der Waals surface area contributed by atoms with Crippen LogP contribution in [0.5, 0.6) is 0 Å². The molecule has 0 spiro atoms. The van der Waals surface area contributed by atoms with E-state index in [1.54, 1.807) is 4.68 Å². The van der Waals surface area contributed by atoms with Crippen LogP contribution in [0.2, 0.25) is 0 Å². The highest BCUT2D eigenvalue weighted by Gasteiger charge is 2.33. The Labute approximate surface area is 82.5 Å². The Balaban J connectivity index is 2.07. The van der Waals surface area contributed by atoms with Crippen molar-refractivity contribution in [3.05, 3.63) is 11.9 Å². The molecule has 1 amide bonds. The lowest BCUT2D eigenvalue weighted by Crippen LogP contribution is -2.40. The first-order chi connectivity index (χ1) is 6.57. The molecule has 1 aromatic rings. The van der Waals surface area contributed by atoms with Crippen LogP contribution in [0.1, 0.15) is 25.5 Å². The average molecular weight is 194 g/mol. The molecule has 0 saturated carbocycles. The topological polar surface area (TPSA) is 59.8 Å². The zero-order chi connectivity index (χ0) is 10.2. The van der Waals surface area contributed by atoms with Crippen molar-refractivity contribution >= 4 is 5.91 Å². The maximum Gasteiger partial charge on any atom is 0.220 e. The fourth-order valence-electron chi connectivity index (χ4n) is 1.86. The van der Waals surface area contributed by atoms with E-state index in [4.69, 9.17) is 0 Å². The maximum absolute atomic E-state index is 11.1. The second kappa shape index (κ2) is 3.08. The van der Waals surface area contributed by atoms with Gasteiger partial charge in [0.1, 0.15) is 0 Å². The summed E-state index contributed by atoms with van der Waals surface area (Å²) in [7, 11) is 1.84. The van der Waals surface area contributed by atoms with Gasteiger partial charge in [0.15, 0.2) is 0 Å². The minimum absolute atomic E-state index is 0.132. The molecular weight excluding hydrogens is 180 g/mol. The van der Waals surface area contributed by atoms with E-state index in [1.807, 2.05) is 20.2 Å². The summed E-state index contributed by atoms with van der Waals surface area (Å²) in [4.78, 5) is 11.1. The fourth-order valence-corrected chi connectivity index (χ4v) is 1.86. The largest absolute Gasteiger partial charge is 0.351 e. The number of aryl methyl sites for hydroxylation is 1. The van der Waals surface area contributed by atoms with Crippen LogP contribution in [0.3, 0.4) is 0 Å². The van der Waals surface area contributed by atoms with E-state index in [9.17, 15) is 4.79 Å². The molecule has 0 bridgehead atoms. The van der Waals surface area contributed by atoms with Crippen LogP contribution >= 0.6 is 0 Å². The number of aromatic nitrogens is 3. The number of amides is 1. The molecule has 1 saturated heterocycles. The van der Waals surface area contributed by atoms with Crippen molar-refractivity contribution in [2.45, 2.75) is 31.7 Å². The number of hydrogen-bond donors (Lipinski definition) is 1. The zero-order valence-electron chi connectivity index (χ0n) is 8.45. The minimum atomic E-state index is -0.132. The molecule has 1 aliphatic rings. The molecule has 0 radical (unpaired) electrons. The summed E-state index contributed by atoms with van der Waals surface area (Å²) in [6, 6.07) is 0. The van der Waals surface area contributed by atoms with Crippen LogP contribution in [0.4, 0.5) is 0 Å². The predicted octanol–water partition coefficient (Wildman–Crippen LogP) is 0.0263. The Morgan fingerprint density at radius 1 is 1.71 bits per heavy atom. The third-order valence-corrected chi connectivity index (χ3v) is 2.57. The van der Waals surface area contributed by atoms with Crippen LogP contribution in [-0.2, 0) is 18.3 Å². The van der Waals surface area contributed by atoms with E-state index in [0.29, 0.717) is 6.42 Å². The highest BCUT2D eigenvalue weighted by molar-refractivity contribution is 5.79. The van der Waals surface area contributed by atoms with Crippen molar-refractivity contribution in [3.8, 4) is 0 Å². The van der Waals surface area contributed by atoms with Gasteiger partial charge in [0.25, 0.3) is 0 Å². The Morgan fingerprint density at radius 2 is 2.50 bits per heavy atom. The molecule has 1 unspecified atom stereocenters. The number of nitrogens with zero attached hydrogens (tertiary/aromatic N) is 3. The van der Waals surface area contributed by atoms with Crippen molar-refractivity contribution in [2.24, 2.45) is 7.05 Å². The quantitative estimate of drug-likeness (QED) is 0.722. The summed E-state index contributed by atoms with van der Waals surface area (Å²) in [6.07, 6.45) is 4.14. The lowest BCUT2D eigenvalue weighted by atomic mass is 9.94. The second-order valence-electron chi connectivity index (χ2n) is 4.17. The van der Waals surface area contributed by atoms with Gasteiger partial charge in [0.2, 0.25) is 5.91 Å². The van der Waals surface area contributed by atoms with E-state index in [0.717, 1.165) is 18.5 Å². The Kier molecular flexibility index (Phi) is 2.02. The number of carbonyl (C=O) groups is 1. The van der Waals surface area contributed by atoms with E-state index in [1.165, 1.54) is 0 Å². The number of rotatable bonds is 2. The molecule has 1 aromatic heterocycles. The van der Waals surface area contributed by atoms with Crippen molar-refractivity contribution < 1.29 is 4.79 Å². The van der Waals surface area contributed by atoms with E-state index >= 15 is 0 Å². The van der Waals surface area contributed by atoms with Crippen molar-refractivity contribution in [1.82, 2.24) is 20.3 Å². The van der Waals surface area contributed by atoms with Crippen molar-refractivity contribution in [2.75, 3.05) is 0 Å². The average Bonchev–Trinajstić information content (AvgIpc) is 2.60. The predicted molar refractivity (Wildman–Crippen MR) is 50.5 cm³/mol. The molecule has 2 rings (SSSR count). The first-order valence-electron chi connectivity index (χ1n) is 4.74. The van der Waals surface area contributed by atoms with Gasteiger partial charge < -0.3 is 5.32 Å². The second-order valence-corrected chi connectivity index (χ2v) is 4.17. The summed E-state index contributed by atoms with van der Waals surface area (Å²) in [5.74, 6) is 0.136. The number of hydrogen-bond acceptors (Lipinski definition) is 3. The van der Waals surface area contributed by atoms with Crippen LogP contribution in [0.15, 0.2) is 6.20 Å². The summed E-state index contributed by atoms with van der Waals surface area (Å²) >= 11 is 0. The Hall–Kier alpha value is -1.39. The molecule has 0 aromatic carbocycles. The van der Waals surface area contributed by atoms with Gasteiger partial charge >= 0.3 is 0 Å². The monoisotopic (exact) mass is 194 g/mol. The third-order valence-electron chi connectivity index (χ3n) is 2.57. The molecule has 76 valence electrons. The molecule has 14 heavy (non-hydrogen) atoms. The van der Waals surface area contributed by atoms with Crippen LogP contribution in [-0.4, -0.2) is 26.4 Å². The first-order valence-corrected chi connectivity index (χ1v) is 4.74. The zero-order valence-corrected chi connectivity index (χ0v) is 8.45. The van der Waals surface area contributed by atoms with Gasteiger partial charge in [0, 0.05) is 31.6 Å². The summed E-state index contributed by atoms with van der Waals surface area (Å²) < 4.78 is 1.68. The summed E-state index contributed by atoms with van der Waals surface area (Å²) in [5.41, 5.74) is 0.796. The number of nitrogens with one attached hydrogen (secondary N) is 1. The third kappa shape index (κ3) is 1.76. The molecule has 5 nitrogen and oxygen atoms in total. The lowest BCUT2D eigenvalue weighted by molar-refractivity contribution is -0.119. The van der Waals surface area contributed by atoms with E-state index < -0.39 is 0 Å². The molecule has 0 aliphatic carbocycles. The standard InChI is InChI=1S/C9H14N4O/c1-9(4-3-8(14)10-9)5-7-6-13(2)12-11-7/h6H,3-5H2,1-2H3,(H,10,14). The van der Waals surface area contributed by atoms with Gasteiger partial charge in [-0.15, -0.1) is 5.10 Å². The molecule has 1 atom stereocenters. The molecular formula is C9H14N4O. The lowest BCUT2D eigenvalue weighted by Gasteiger charge is -2.22. The highest BCUT2D eigenvalue weighted by atomic mass is 16.2. The van der Waals surface area contributed by atoms with Crippen LogP contribution in [0, 0.1) is 0 Å². The summed E-state index contributed by atoms with van der Waals surface area (Å²) in [5, 5.41) is 10.8. The normalized spacial score (nSPS) is 26.6. The van der Waals surface area contributed by atoms with Gasteiger partial charge in [-0.3, -0.25) is 9.48 Å². The van der Waals surface area contributed by atoms with Crippen LogP contribution in [0.25, 0.3) is 0 Å².